The van der Waals surface area contributed by atoms with Crippen molar-refractivity contribution in [1.82, 2.24) is 0 Å². The smallest absolute Gasteiger partial charge is 0.307 e. The number of carboxylic acid groups (broad SMARTS) is 1. The van der Waals surface area contributed by atoms with Crippen LogP contribution in [0, 0.1) is 5.92 Å². The summed E-state index contributed by atoms with van der Waals surface area (Å²) < 4.78 is 17.4. The fourth-order valence-corrected chi connectivity index (χ4v) is 5.26. The molecule has 5 nitrogen and oxygen atoms in total. The quantitative estimate of drug-likeness (QED) is 0.331. The number of hydrogen-bond acceptors (Lipinski definition) is 5. The molecule has 0 fully saturated rings. The molecular weight excluding hydrogens is 436 g/mol. The van der Waals surface area contributed by atoms with Gasteiger partial charge >= 0.3 is 5.97 Å². The number of aryl methyl sites for hydroxylation is 1. The van der Waals surface area contributed by atoms with Gasteiger partial charge in [0.1, 0.15) is 5.75 Å². The minimum Gasteiger partial charge on any atom is -0.493 e. The van der Waals surface area contributed by atoms with Gasteiger partial charge in [-0.15, -0.1) is 0 Å². The van der Waals surface area contributed by atoms with Crippen LogP contribution in [0.3, 0.4) is 0 Å². The molecule has 174 valence electrons. The highest BCUT2D eigenvalue weighted by atomic mass is 32.1. The third-order valence-corrected chi connectivity index (χ3v) is 7.00. The average Bonchev–Trinajstić information content (AvgIpc) is 3.50. The number of benzene rings is 2. The number of aliphatic carboxylic acids is 1. The van der Waals surface area contributed by atoms with E-state index >= 15 is 0 Å². The maximum Gasteiger partial charge on any atom is 0.307 e. The van der Waals surface area contributed by atoms with Crippen LogP contribution < -0.4 is 14.2 Å². The second kappa shape index (κ2) is 10.8. The van der Waals surface area contributed by atoms with Crippen LogP contribution in [0.15, 0.2) is 53.2 Å². The maximum atomic E-state index is 11.6. The molecule has 1 heterocycles. The topological polar surface area (TPSA) is 65.0 Å². The Morgan fingerprint density at radius 2 is 1.94 bits per heavy atom. The van der Waals surface area contributed by atoms with Gasteiger partial charge in [-0.05, 0) is 88.5 Å². The summed E-state index contributed by atoms with van der Waals surface area (Å²) in [4.78, 5) is 11.6. The largest absolute Gasteiger partial charge is 0.493 e. The number of rotatable bonds is 11. The zero-order valence-corrected chi connectivity index (χ0v) is 19.9. The van der Waals surface area contributed by atoms with Crippen LogP contribution in [0.5, 0.6) is 17.2 Å². The van der Waals surface area contributed by atoms with Crippen molar-refractivity contribution < 1.29 is 24.1 Å². The van der Waals surface area contributed by atoms with Gasteiger partial charge in [0.15, 0.2) is 11.5 Å². The van der Waals surface area contributed by atoms with E-state index in [4.69, 9.17) is 14.2 Å². The van der Waals surface area contributed by atoms with Crippen LogP contribution in [0.25, 0.3) is 11.1 Å². The molecule has 0 radical (unpaired) electrons. The minimum atomic E-state index is -0.701. The first-order chi connectivity index (χ1) is 16.1. The molecule has 0 aliphatic heterocycles. The van der Waals surface area contributed by atoms with Crippen LogP contribution >= 0.6 is 11.3 Å². The van der Waals surface area contributed by atoms with E-state index in [1.54, 1.807) is 18.4 Å². The predicted molar refractivity (Wildman–Crippen MR) is 131 cm³/mol. The van der Waals surface area contributed by atoms with E-state index in [1.165, 1.54) is 11.1 Å². The van der Waals surface area contributed by atoms with Gasteiger partial charge < -0.3 is 19.3 Å². The van der Waals surface area contributed by atoms with Crippen molar-refractivity contribution in [2.24, 2.45) is 5.92 Å². The van der Waals surface area contributed by atoms with Crippen molar-refractivity contribution in [3.63, 3.8) is 0 Å². The van der Waals surface area contributed by atoms with Gasteiger partial charge in [-0.1, -0.05) is 19.1 Å². The summed E-state index contributed by atoms with van der Waals surface area (Å²) in [6.07, 6.45) is 3.20. The predicted octanol–water partition coefficient (Wildman–Crippen LogP) is 6.41. The highest BCUT2D eigenvalue weighted by molar-refractivity contribution is 7.08. The molecule has 1 unspecified atom stereocenters. The number of ether oxygens (including phenoxy) is 3. The van der Waals surface area contributed by atoms with Crippen LogP contribution in [-0.4, -0.2) is 31.4 Å². The van der Waals surface area contributed by atoms with Crippen molar-refractivity contribution in [3.8, 4) is 28.4 Å². The number of carboxylic acids is 1. The van der Waals surface area contributed by atoms with Crippen LogP contribution in [0.1, 0.15) is 43.2 Å². The van der Waals surface area contributed by atoms with Crippen molar-refractivity contribution in [2.75, 3.05) is 20.3 Å². The van der Waals surface area contributed by atoms with Gasteiger partial charge in [0.2, 0.25) is 0 Å². The standard InChI is InChI=1S/C27H30O5S/c1-3-22(27(28)29)24-8-5-19-15-21(7-9-23(19)24)31-12-4-13-32-25-10-6-18(16-26(25)30-2)20-11-14-33-17-20/h6-7,9-11,14-17,22,24H,3-5,8,12-13H2,1-2H3,(H,28,29)/t22?,24-/m0/s1. The van der Waals surface area contributed by atoms with E-state index in [0.717, 1.165) is 47.6 Å². The minimum absolute atomic E-state index is 0.103. The fraction of sp³-hybridized carbons (Fsp3) is 0.370. The second-order valence-corrected chi connectivity index (χ2v) is 9.07. The highest BCUT2D eigenvalue weighted by Gasteiger charge is 2.33. The first-order valence-electron chi connectivity index (χ1n) is 11.4. The Bertz CT molecular complexity index is 1080. The van der Waals surface area contributed by atoms with Crippen molar-refractivity contribution >= 4 is 17.3 Å². The Hall–Kier alpha value is -2.99. The average molecular weight is 467 g/mol. The lowest BCUT2D eigenvalue weighted by molar-refractivity contribution is -0.142. The summed E-state index contributed by atoms with van der Waals surface area (Å²) in [6, 6.07) is 14.1. The van der Waals surface area contributed by atoms with Gasteiger partial charge in [-0.3, -0.25) is 4.79 Å². The molecule has 0 bridgehead atoms. The number of carbonyl (C=O) groups is 1. The lowest BCUT2D eigenvalue weighted by atomic mass is 9.85. The van der Waals surface area contributed by atoms with Crippen LogP contribution in [-0.2, 0) is 11.2 Å². The third kappa shape index (κ3) is 5.33. The summed E-state index contributed by atoms with van der Waals surface area (Å²) in [5.41, 5.74) is 4.66. The van der Waals surface area contributed by atoms with E-state index < -0.39 is 5.97 Å². The lowest BCUT2D eigenvalue weighted by Crippen LogP contribution is -2.19. The fourth-order valence-electron chi connectivity index (χ4n) is 4.59. The first kappa shape index (κ1) is 23.2. The molecule has 1 aliphatic rings. The maximum absolute atomic E-state index is 11.6. The van der Waals surface area contributed by atoms with Gasteiger partial charge in [0, 0.05) is 6.42 Å². The van der Waals surface area contributed by atoms with Crippen molar-refractivity contribution in [1.29, 1.82) is 0 Å². The number of methoxy groups -OCH3 is 1. The molecule has 2 aromatic carbocycles. The molecular formula is C27H30O5S. The molecule has 4 rings (SSSR count). The van der Waals surface area contributed by atoms with E-state index in [2.05, 4.69) is 22.9 Å². The zero-order chi connectivity index (χ0) is 23.2. The number of hydrogen-bond donors (Lipinski definition) is 1. The Balaban J connectivity index is 1.27. The molecule has 0 saturated carbocycles. The summed E-state index contributed by atoms with van der Waals surface area (Å²) >= 11 is 1.67. The summed E-state index contributed by atoms with van der Waals surface area (Å²) in [5.74, 6) is 1.37. The van der Waals surface area contributed by atoms with E-state index in [9.17, 15) is 9.90 Å². The number of thiophene rings is 1. The Labute approximate surface area is 198 Å². The lowest BCUT2D eigenvalue weighted by Gasteiger charge is -2.19. The summed E-state index contributed by atoms with van der Waals surface area (Å²) in [6.45, 7) is 3.02. The van der Waals surface area contributed by atoms with Crippen LogP contribution in [0.2, 0.25) is 0 Å². The Kier molecular flexibility index (Phi) is 7.55. The molecule has 6 heteroatoms. The molecule has 0 saturated heterocycles. The third-order valence-electron chi connectivity index (χ3n) is 6.31. The molecule has 0 amide bonds. The molecule has 0 spiro atoms. The molecule has 33 heavy (non-hydrogen) atoms. The molecule has 1 N–H and O–H groups in total. The first-order valence-corrected chi connectivity index (χ1v) is 12.4. The van der Waals surface area contributed by atoms with Gasteiger partial charge in [0.25, 0.3) is 0 Å². The Morgan fingerprint density at radius 1 is 1.09 bits per heavy atom. The van der Waals surface area contributed by atoms with E-state index in [0.29, 0.717) is 19.6 Å². The van der Waals surface area contributed by atoms with Crippen LogP contribution in [0.4, 0.5) is 0 Å². The summed E-state index contributed by atoms with van der Waals surface area (Å²) in [5, 5.41) is 13.7. The summed E-state index contributed by atoms with van der Waals surface area (Å²) in [7, 11) is 1.65. The zero-order valence-electron chi connectivity index (χ0n) is 19.1. The SMILES string of the molecule is CCC(C(=O)O)[C@@H]1CCc2cc(OCCCOc3ccc(-c4ccsc4)cc3OC)ccc21. The van der Waals surface area contributed by atoms with Crippen molar-refractivity contribution in [3.05, 3.63) is 64.4 Å². The van der Waals surface area contributed by atoms with Gasteiger partial charge in [-0.25, -0.2) is 0 Å². The Morgan fingerprint density at radius 3 is 2.67 bits per heavy atom. The highest BCUT2D eigenvalue weighted by Crippen LogP contribution is 2.41. The van der Waals surface area contributed by atoms with Gasteiger partial charge in [-0.2, -0.15) is 11.3 Å². The van der Waals surface area contributed by atoms with Gasteiger partial charge in [0.05, 0.1) is 26.2 Å². The number of fused-ring (bicyclic) bond motifs is 1. The second-order valence-electron chi connectivity index (χ2n) is 8.29. The molecule has 1 aliphatic carbocycles. The van der Waals surface area contributed by atoms with E-state index in [-0.39, 0.29) is 11.8 Å². The van der Waals surface area contributed by atoms with E-state index in [1.807, 2.05) is 37.3 Å². The van der Waals surface area contributed by atoms with Crippen molar-refractivity contribution in [2.45, 2.75) is 38.5 Å². The monoisotopic (exact) mass is 466 g/mol. The molecule has 1 aromatic heterocycles. The normalized spacial score (nSPS) is 15.6. The molecule has 3 aromatic rings. The molecule has 2 atom stereocenters.